The summed E-state index contributed by atoms with van der Waals surface area (Å²) in [6, 6.07) is 12.2. The van der Waals surface area contributed by atoms with Crippen molar-refractivity contribution in [2.75, 3.05) is 6.61 Å². The number of aromatic nitrogens is 1. The van der Waals surface area contributed by atoms with Gasteiger partial charge in [0.25, 0.3) is 0 Å². The molecule has 1 atom stereocenters. The molecule has 1 N–H and O–H groups in total. The Balaban J connectivity index is 2.19. The monoisotopic (exact) mass is 269 g/mol. The molecule has 0 radical (unpaired) electrons. The Bertz CT molecular complexity index is 628. The van der Waals surface area contributed by atoms with Gasteiger partial charge in [-0.15, -0.1) is 0 Å². The third kappa shape index (κ3) is 3.25. The smallest absolute Gasteiger partial charge is 0.145 e. The minimum atomic E-state index is -0.717. The normalized spacial score (nSPS) is 13.9. The topological polar surface area (TPSA) is 57.9 Å². The van der Waals surface area contributed by atoms with Gasteiger partial charge in [-0.3, -0.25) is 10.3 Å². The van der Waals surface area contributed by atoms with Crippen LogP contribution in [0.1, 0.15) is 20.8 Å². The minimum Gasteiger partial charge on any atom is -0.488 e. The van der Waals surface area contributed by atoms with Gasteiger partial charge < -0.3 is 4.74 Å². The molecular formula is C16H19N3O. The predicted molar refractivity (Wildman–Crippen MR) is 79.5 cm³/mol. The van der Waals surface area contributed by atoms with Gasteiger partial charge in [-0.25, -0.2) is 0 Å². The molecule has 1 unspecified atom stereocenters. The first-order chi connectivity index (χ1) is 9.54. The number of nitriles is 1. The van der Waals surface area contributed by atoms with Crippen molar-refractivity contribution in [1.29, 1.82) is 5.26 Å². The van der Waals surface area contributed by atoms with E-state index in [1.807, 2.05) is 51.1 Å². The first kappa shape index (κ1) is 14.3. The first-order valence-electron chi connectivity index (χ1n) is 6.69. The highest BCUT2D eigenvalue weighted by Gasteiger charge is 2.25. The van der Waals surface area contributed by atoms with Crippen LogP contribution in [0.5, 0.6) is 5.75 Å². The van der Waals surface area contributed by atoms with Crippen LogP contribution < -0.4 is 10.1 Å². The van der Waals surface area contributed by atoms with Crippen LogP contribution >= 0.6 is 0 Å². The third-order valence-corrected chi connectivity index (χ3v) is 2.97. The lowest BCUT2D eigenvalue weighted by Crippen LogP contribution is -2.49. The molecule has 0 saturated heterocycles. The summed E-state index contributed by atoms with van der Waals surface area (Å²) in [5.74, 6) is 0.704. The lowest BCUT2D eigenvalue weighted by Gasteiger charge is -2.26. The largest absolute Gasteiger partial charge is 0.488 e. The Labute approximate surface area is 119 Å². The van der Waals surface area contributed by atoms with Crippen molar-refractivity contribution in [3.8, 4) is 11.8 Å². The standard InChI is InChI=1S/C16H19N3O/c1-12(2)19-16(3,10-17)11-20-14-8-4-6-13-7-5-9-18-15(13)14/h4-9,12,19H,11H2,1-3H3. The van der Waals surface area contributed by atoms with Gasteiger partial charge in [0, 0.05) is 17.6 Å². The van der Waals surface area contributed by atoms with Gasteiger partial charge in [-0.05, 0) is 32.9 Å². The summed E-state index contributed by atoms with van der Waals surface area (Å²) in [5.41, 5.74) is 0.102. The van der Waals surface area contributed by atoms with Crippen LogP contribution in [0.25, 0.3) is 10.9 Å². The van der Waals surface area contributed by atoms with Gasteiger partial charge in [0.05, 0.1) is 6.07 Å². The molecule has 1 heterocycles. The fraction of sp³-hybridized carbons (Fsp3) is 0.375. The highest BCUT2D eigenvalue weighted by atomic mass is 16.5. The predicted octanol–water partition coefficient (Wildman–Crippen LogP) is 2.89. The third-order valence-electron chi connectivity index (χ3n) is 2.97. The molecule has 0 spiro atoms. The molecule has 0 aliphatic carbocycles. The lowest BCUT2D eigenvalue weighted by atomic mass is 10.1. The molecule has 0 aliphatic heterocycles. The summed E-state index contributed by atoms with van der Waals surface area (Å²) < 4.78 is 5.83. The summed E-state index contributed by atoms with van der Waals surface area (Å²) in [6.45, 7) is 6.13. The molecule has 104 valence electrons. The first-order valence-corrected chi connectivity index (χ1v) is 6.69. The zero-order chi connectivity index (χ0) is 14.6. The molecule has 0 aliphatic rings. The molecule has 0 saturated carbocycles. The number of ether oxygens (including phenoxy) is 1. The van der Waals surface area contributed by atoms with Crippen LogP contribution in [0.15, 0.2) is 36.5 Å². The highest BCUT2D eigenvalue weighted by Crippen LogP contribution is 2.23. The maximum atomic E-state index is 9.32. The number of hydrogen-bond donors (Lipinski definition) is 1. The lowest BCUT2D eigenvalue weighted by molar-refractivity contribution is 0.227. The second kappa shape index (κ2) is 5.89. The second-order valence-electron chi connectivity index (χ2n) is 5.36. The highest BCUT2D eigenvalue weighted by molar-refractivity contribution is 5.84. The SMILES string of the molecule is CC(C)NC(C)(C#N)COc1cccc2cccnc12. The van der Waals surface area contributed by atoms with Crippen molar-refractivity contribution >= 4 is 10.9 Å². The van der Waals surface area contributed by atoms with Gasteiger partial charge in [0.1, 0.15) is 23.4 Å². The van der Waals surface area contributed by atoms with Gasteiger partial charge in [-0.2, -0.15) is 5.26 Å². The molecule has 1 aromatic heterocycles. The van der Waals surface area contributed by atoms with Crippen LogP contribution in [0.3, 0.4) is 0 Å². The molecule has 4 nitrogen and oxygen atoms in total. The average molecular weight is 269 g/mol. The fourth-order valence-corrected chi connectivity index (χ4v) is 2.16. The quantitative estimate of drug-likeness (QED) is 0.906. The maximum Gasteiger partial charge on any atom is 0.145 e. The van der Waals surface area contributed by atoms with E-state index >= 15 is 0 Å². The Morgan fingerprint density at radius 1 is 1.35 bits per heavy atom. The molecular weight excluding hydrogens is 250 g/mol. The molecule has 2 aromatic rings. The van der Waals surface area contributed by atoms with Gasteiger partial charge in [0.15, 0.2) is 0 Å². The zero-order valence-corrected chi connectivity index (χ0v) is 12.1. The number of rotatable bonds is 5. The van der Waals surface area contributed by atoms with E-state index in [0.717, 1.165) is 10.9 Å². The molecule has 0 amide bonds. The Kier molecular flexibility index (Phi) is 4.21. The summed E-state index contributed by atoms with van der Waals surface area (Å²) in [7, 11) is 0. The Morgan fingerprint density at radius 3 is 2.80 bits per heavy atom. The van der Waals surface area contributed by atoms with Gasteiger partial charge >= 0.3 is 0 Å². The molecule has 1 aromatic carbocycles. The Hall–Kier alpha value is -2.12. The average Bonchev–Trinajstić information content (AvgIpc) is 2.44. The van der Waals surface area contributed by atoms with E-state index in [0.29, 0.717) is 5.75 Å². The molecule has 2 rings (SSSR count). The minimum absolute atomic E-state index is 0.217. The van der Waals surface area contributed by atoms with Crippen LogP contribution in [0.4, 0.5) is 0 Å². The summed E-state index contributed by atoms with van der Waals surface area (Å²) in [5, 5.41) is 13.6. The van der Waals surface area contributed by atoms with Crippen LogP contribution in [0.2, 0.25) is 0 Å². The summed E-state index contributed by atoms with van der Waals surface area (Å²) >= 11 is 0. The van der Waals surface area contributed by atoms with Crippen molar-refractivity contribution in [3.63, 3.8) is 0 Å². The van der Waals surface area contributed by atoms with Gasteiger partial charge in [-0.1, -0.05) is 18.2 Å². The van der Waals surface area contributed by atoms with Crippen molar-refractivity contribution in [3.05, 3.63) is 36.5 Å². The number of nitrogens with one attached hydrogen (secondary N) is 1. The summed E-state index contributed by atoms with van der Waals surface area (Å²) in [6.07, 6.45) is 1.74. The van der Waals surface area contributed by atoms with E-state index in [9.17, 15) is 5.26 Å². The maximum absolute atomic E-state index is 9.32. The number of para-hydroxylation sites is 1. The molecule has 0 fully saturated rings. The van der Waals surface area contributed by atoms with E-state index in [4.69, 9.17) is 4.74 Å². The van der Waals surface area contributed by atoms with E-state index < -0.39 is 5.54 Å². The van der Waals surface area contributed by atoms with E-state index in [1.54, 1.807) is 6.20 Å². The van der Waals surface area contributed by atoms with Gasteiger partial charge in [0.2, 0.25) is 0 Å². The van der Waals surface area contributed by atoms with Crippen molar-refractivity contribution in [2.45, 2.75) is 32.4 Å². The van der Waals surface area contributed by atoms with E-state index in [-0.39, 0.29) is 12.6 Å². The Morgan fingerprint density at radius 2 is 2.10 bits per heavy atom. The number of hydrogen-bond acceptors (Lipinski definition) is 4. The number of nitrogens with zero attached hydrogens (tertiary/aromatic N) is 2. The van der Waals surface area contributed by atoms with Crippen LogP contribution in [0, 0.1) is 11.3 Å². The van der Waals surface area contributed by atoms with Crippen LogP contribution in [-0.2, 0) is 0 Å². The number of pyridine rings is 1. The summed E-state index contributed by atoms with van der Waals surface area (Å²) in [4.78, 5) is 4.34. The van der Waals surface area contributed by atoms with Crippen molar-refractivity contribution in [1.82, 2.24) is 10.3 Å². The van der Waals surface area contributed by atoms with Crippen molar-refractivity contribution < 1.29 is 4.74 Å². The molecule has 20 heavy (non-hydrogen) atoms. The van der Waals surface area contributed by atoms with Crippen molar-refractivity contribution in [2.24, 2.45) is 0 Å². The fourth-order valence-electron chi connectivity index (χ4n) is 2.16. The zero-order valence-electron chi connectivity index (χ0n) is 12.1. The van der Waals surface area contributed by atoms with Crippen LogP contribution in [-0.4, -0.2) is 23.2 Å². The van der Waals surface area contributed by atoms with E-state index in [1.165, 1.54) is 0 Å². The number of fused-ring (bicyclic) bond motifs is 1. The number of benzene rings is 1. The molecule has 4 heteroatoms. The van der Waals surface area contributed by atoms with E-state index in [2.05, 4.69) is 16.4 Å². The second-order valence-corrected chi connectivity index (χ2v) is 5.36. The molecule has 0 bridgehead atoms.